The van der Waals surface area contributed by atoms with E-state index in [-0.39, 0.29) is 24.2 Å². The van der Waals surface area contributed by atoms with Crippen LogP contribution in [0.4, 0.5) is 29.2 Å². The fourth-order valence-electron chi connectivity index (χ4n) is 3.98. The van der Waals surface area contributed by atoms with E-state index in [0.29, 0.717) is 22.7 Å². The standard InChI is InChI=1S/C22H23F4N5/c1-12(2)16-8-13(3)29-20-17(16)9-14(10-18(20)23)15-4-7-31-19(15)11-28-21(30-31)27-6-5-22(24,25)26/h4,7,9-12,16H,5-6,8H2,1-3H3,(H,27,30). The highest BCUT2D eigenvalue weighted by atomic mass is 19.4. The van der Waals surface area contributed by atoms with Gasteiger partial charge in [-0.15, -0.1) is 5.10 Å². The van der Waals surface area contributed by atoms with Gasteiger partial charge in [-0.25, -0.2) is 13.9 Å². The van der Waals surface area contributed by atoms with Gasteiger partial charge in [-0.1, -0.05) is 13.8 Å². The van der Waals surface area contributed by atoms with Crippen LogP contribution in [-0.2, 0) is 0 Å². The Bertz CT molecular complexity index is 1150. The van der Waals surface area contributed by atoms with Gasteiger partial charge in [-0.2, -0.15) is 13.2 Å². The van der Waals surface area contributed by atoms with E-state index in [4.69, 9.17) is 0 Å². The second-order valence-electron chi connectivity index (χ2n) is 8.23. The number of aliphatic imine (C=N–C) groups is 1. The molecule has 31 heavy (non-hydrogen) atoms. The van der Waals surface area contributed by atoms with Crippen LogP contribution in [0.3, 0.4) is 0 Å². The molecule has 1 atom stereocenters. The average Bonchev–Trinajstić information content (AvgIpc) is 3.10. The smallest absolute Gasteiger partial charge is 0.353 e. The molecule has 1 unspecified atom stereocenters. The zero-order valence-corrected chi connectivity index (χ0v) is 17.5. The molecule has 0 amide bonds. The summed E-state index contributed by atoms with van der Waals surface area (Å²) in [6.45, 7) is 5.85. The minimum Gasteiger partial charge on any atom is -0.353 e. The molecule has 4 rings (SSSR count). The Morgan fingerprint density at radius 3 is 2.74 bits per heavy atom. The highest BCUT2D eigenvalue weighted by molar-refractivity contribution is 5.89. The number of halogens is 4. The van der Waals surface area contributed by atoms with E-state index in [1.165, 1.54) is 16.8 Å². The molecule has 0 saturated heterocycles. The number of hydrogen-bond acceptors (Lipinski definition) is 4. The normalized spacial score (nSPS) is 16.5. The van der Waals surface area contributed by atoms with Gasteiger partial charge in [-0.3, -0.25) is 4.99 Å². The van der Waals surface area contributed by atoms with Crippen LogP contribution in [0.1, 0.15) is 45.1 Å². The van der Waals surface area contributed by atoms with Crippen LogP contribution in [0, 0.1) is 11.7 Å². The second-order valence-corrected chi connectivity index (χ2v) is 8.23. The molecule has 9 heteroatoms. The van der Waals surface area contributed by atoms with Crippen molar-refractivity contribution in [3.8, 4) is 11.1 Å². The fraction of sp³-hybridized carbons (Fsp3) is 0.409. The van der Waals surface area contributed by atoms with Gasteiger partial charge < -0.3 is 5.32 Å². The van der Waals surface area contributed by atoms with Gasteiger partial charge in [0.05, 0.1) is 18.1 Å². The third kappa shape index (κ3) is 4.40. The van der Waals surface area contributed by atoms with Crippen molar-refractivity contribution in [3.63, 3.8) is 0 Å². The summed E-state index contributed by atoms with van der Waals surface area (Å²) in [5, 5.41) is 6.79. The summed E-state index contributed by atoms with van der Waals surface area (Å²) < 4.78 is 53.5. The molecule has 0 aliphatic carbocycles. The predicted molar refractivity (Wildman–Crippen MR) is 113 cm³/mol. The molecular weight excluding hydrogens is 410 g/mol. The number of anilines is 1. The van der Waals surface area contributed by atoms with Gasteiger partial charge in [0.2, 0.25) is 5.95 Å². The van der Waals surface area contributed by atoms with Crippen molar-refractivity contribution in [2.75, 3.05) is 11.9 Å². The van der Waals surface area contributed by atoms with E-state index in [1.54, 1.807) is 12.3 Å². The summed E-state index contributed by atoms with van der Waals surface area (Å²) >= 11 is 0. The van der Waals surface area contributed by atoms with Crippen LogP contribution in [0.2, 0.25) is 0 Å². The molecule has 3 aromatic rings. The van der Waals surface area contributed by atoms with Crippen molar-refractivity contribution >= 4 is 22.9 Å². The summed E-state index contributed by atoms with van der Waals surface area (Å²) in [5.41, 5.74) is 4.30. The van der Waals surface area contributed by atoms with Gasteiger partial charge >= 0.3 is 6.18 Å². The first-order valence-electron chi connectivity index (χ1n) is 10.2. The number of fused-ring (bicyclic) bond motifs is 2. The van der Waals surface area contributed by atoms with E-state index in [2.05, 4.69) is 34.2 Å². The summed E-state index contributed by atoms with van der Waals surface area (Å²) in [6.07, 6.45) is -1.22. The number of nitrogens with zero attached hydrogens (tertiary/aromatic N) is 4. The molecule has 5 nitrogen and oxygen atoms in total. The lowest BCUT2D eigenvalue weighted by Crippen LogP contribution is -2.16. The van der Waals surface area contributed by atoms with Crippen molar-refractivity contribution in [1.29, 1.82) is 0 Å². The summed E-state index contributed by atoms with van der Waals surface area (Å²) in [7, 11) is 0. The lowest BCUT2D eigenvalue weighted by Gasteiger charge is -2.27. The van der Waals surface area contributed by atoms with Crippen LogP contribution >= 0.6 is 0 Å². The van der Waals surface area contributed by atoms with Crippen LogP contribution < -0.4 is 5.32 Å². The third-order valence-electron chi connectivity index (χ3n) is 5.53. The van der Waals surface area contributed by atoms with E-state index in [9.17, 15) is 17.6 Å². The van der Waals surface area contributed by atoms with Crippen LogP contribution in [0.15, 0.2) is 35.6 Å². The molecule has 1 aliphatic rings. The second kappa shape index (κ2) is 7.94. The zero-order chi connectivity index (χ0) is 22.3. The zero-order valence-electron chi connectivity index (χ0n) is 17.5. The largest absolute Gasteiger partial charge is 0.390 e. The predicted octanol–water partition coefficient (Wildman–Crippen LogP) is 6.14. The summed E-state index contributed by atoms with van der Waals surface area (Å²) in [5.74, 6) is 0.234. The molecule has 0 bridgehead atoms. The van der Waals surface area contributed by atoms with Crippen molar-refractivity contribution < 1.29 is 17.6 Å². The highest BCUT2D eigenvalue weighted by Crippen LogP contribution is 2.43. The molecule has 0 saturated carbocycles. The van der Waals surface area contributed by atoms with Gasteiger partial charge in [0, 0.05) is 24.0 Å². The van der Waals surface area contributed by atoms with E-state index >= 15 is 0 Å². The van der Waals surface area contributed by atoms with Crippen LogP contribution in [-0.4, -0.2) is 33.0 Å². The Labute approximate surface area is 177 Å². The Balaban J connectivity index is 1.68. The Morgan fingerprint density at radius 1 is 1.26 bits per heavy atom. The first kappa shape index (κ1) is 21.3. The monoisotopic (exact) mass is 433 g/mol. The SMILES string of the molecule is CC1=Nc2c(F)cc(-c3ccn4nc(NCCC(F)(F)F)ncc34)cc2C(C(C)C)C1. The number of alkyl halides is 3. The molecule has 1 aromatic carbocycles. The Kier molecular flexibility index (Phi) is 5.45. The number of aromatic nitrogens is 3. The Morgan fingerprint density at radius 2 is 2.03 bits per heavy atom. The number of hydrogen-bond donors (Lipinski definition) is 1. The minimum absolute atomic E-state index is 0.0974. The lowest BCUT2D eigenvalue weighted by molar-refractivity contribution is -0.131. The molecule has 3 heterocycles. The van der Waals surface area contributed by atoms with Gasteiger partial charge in [0.15, 0.2) is 0 Å². The highest BCUT2D eigenvalue weighted by Gasteiger charge is 2.28. The van der Waals surface area contributed by atoms with Gasteiger partial charge in [-0.05, 0) is 54.5 Å². The van der Waals surface area contributed by atoms with Crippen molar-refractivity contribution in [2.24, 2.45) is 10.9 Å². The molecular formula is C22H23F4N5. The minimum atomic E-state index is -4.25. The molecule has 2 aromatic heterocycles. The summed E-state index contributed by atoms with van der Waals surface area (Å²) in [6, 6.07) is 5.24. The van der Waals surface area contributed by atoms with Crippen molar-refractivity contribution in [3.05, 3.63) is 42.0 Å². The van der Waals surface area contributed by atoms with Crippen molar-refractivity contribution in [2.45, 2.75) is 45.7 Å². The molecule has 164 valence electrons. The number of rotatable bonds is 5. The third-order valence-corrected chi connectivity index (χ3v) is 5.53. The van der Waals surface area contributed by atoms with Crippen LogP contribution in [0.25, 0.3) is 16.6 Å². The maximum atomic E-state index is 15.0. The van der Waals surface area contributed by atoms with Gasteiger partial charge in [0.1, 0.15) is 11.5 Å². The molecule has 1 N–H and O–H groups in total. The molecule has 0 fully saturated rings. The first-order chi connectivity index (χ1) is 14.6. The topological polar surface area (TPSA) is 54.6 Å². The van der Waals surface area contributed by atoms with Crippen LogP contribution in [0.5, 0.6) is 0 Å². The lowest BCUT2D eigenvalue weighted by atomic mass is 9.80. The molecule has 1 aliphatic heterocycles. The van der Waals surface area contributed by atoms with E-state index in [0.717, 1.165) is 23.3 Å². The maximum absolute atomic E-state index is 15.0. The van der Waals surface area contributed by atoms with E-state index in [1.807, 2.05) is 13.0 Å². The number of benzene rings is 1. The van der Waals surface area contributed by atoms with Crippen molar-refractivity contribution in [1.82, 2.24) is 14.6 Å². The first-order valence-corrected chi connectivity index (χ1v) is 10.2. The quantitative estimate of drug-likeness (QED) is 0.492. The number of nitrogens with one attached hydrogen (secondary N) is 1. The molecule has 0 radical (unpaired) electrons. The van der Waals surface area contributed by atoms with Gasteiger partial charge in [0.25, 0.3) is 0 Å². The maximum Gasteiger partial charge on any atom is 0.390 e. The van der Waals surface area contributed by atoms with E-state index < -0.39 is 12.6 Å². The average molecular weight is 433 g/mol. The summed E-state index contributed by atoms with van der Waals surface area (Å²) in [4.78, 5) is 8.57. The fourth-order valence-corrected chi connectivity index (χ4v) is 3.98. The Hall–Kier alpha value is -2.97. The molecule has 0 spiro atoms.